The second-order valence-corrected chi connectivity index (χ2v) is 12.8. The molecule has 13 nitrogen and oxygen atoms in total. The smallest absolute Gasteiger partial charge is 0.328 e. The van der Waals surface area contributed by atoms with Crippen LogP contribution in [0.4, 0.5) is 0 Å². The van der Waals surface area contributed by atoms with Gasteiger partial charge in [0.05, 0.1) is 7.11 Å². The standard InChI is InChI=1S/C10H17NO3.C9H16N2O3.C9H15NO3/c1-7(8(12)14-4)11-6-5-10(2,3)9(11)13;1-6(7(12)10-14)11-5-4-9(2,3)8(11)13;1-6(7(11)12)10-5-4-9(2,3)8(10)13/h7H,5-6H2,1-4H3;6,14H,4-5H2,1-3H3,(H,10,12);6H,4-5H2,1-3H3,(H,11,12)/t7-;2*6-/m111/s1. The number of carbonyl (C=O) groups is 6. The summed E-state index contributed by atoms with van der Waals surface area (Å²) in [6.07, 6.45) is 2.28. The number of nitrogens with one attached hydrogen (secondary N) is 1. The number of carboxylic acids is 1. The summed E-state index contributed by atoms with van der Waals surface area (Å²) < 4.78 is 4.61. The van der Waals surface area contributed by atoms with Crippen LogP contribution in [0.1, 0.15) is 81.6 Å². The molecule has 234 valence electrons. The van der Waals surface area contributed by atoms with Gasteiger partial charge < -0.3 is 24.5 Å². The molecule has 3 atom stereocenters. The lowest BCUT2D eigenvalue weighted by atomic mass is 9.92. The molecule has 0 bridgehead atoms. The Morgan fingerprint density at radius 3 is 1.27 bits per heavy atom. The van der Waals surface area contributed by atoms with Crippen LogP contribution >= 0.6 is 0 Å². The van der Waals surface area contributed by atoms with Gasteiger partial charge in [-0.25, -0.2) is 15.1 Å². The molecule has 4 amide bonds. The van der Waals surface area contributed by atoms with Gasteiger partial charge in [0.15, 0.2) is 0 Å². The van der Waals surface area contributed by atoms with Crippen molar-refractivity contribution in [1.29, 1.82) is 0 Å². The van der Waals surface area contributed by atoms with Crippen LogP contribution in [0, 0.1) is 16.2 Å². The van der Waals surface area contributed by atoms with E-state index in [0.29, 0.717) is 19.6 Å². The van der Waals surface area contributed by atoms with Crippen molar-refractivity contribution in [3.05, 3.63) is 0 Å². The van der Waals surface area contributed by atoms with Crippen LogP contribution in [-0.2, 0) is 33.5 Å². The Hall–Kier alpha value is -3.22. The molecule has 3 fully saturated rings. The van der Waals surface area contributed by atoms with Gasteiger partial charge in [-0.3, -0.25) is 24.4 Å². The van der Waals surface area contributed by atoms with Crippen LogP contribution in [0.25, 0.3) is 0 Å². The minimum absolute atomic E-state index is 0.0337. The van der Waals surface area contributed by atoms with Crippen molar-refractivity contribution in [3.63, 3.8) is 0 Å². The van der Waals surface area contributed by atoms with E-state index in [1.165, 1.54) is 16.9 Å². The van der Waals surface area contributed by atoms with E-state index in [4.69, 9.17) is 10.3 Å². The van der Waals surface area contributed by atoms with Crippen molar-refractivity contribution in [3.8, 4) is 0 Å². The minimum Gasteiger partial charge on any atom is -0.480 e. The molecular formula is C28H48N4O9. The summed E-state index contributed by atoms with van der Waals surface area (Å²) in [5, 5.41) is 17.2. The highest BCUT2D eigenvalue weighted by Gasteiger charge is 2.44. The lowest BCUT2D eigenvalue weighted by Crippen LogP contribution is -2.46. The van der Waals surface area contributed by atoms with Crippen molar-refractivity contribution in [2.75, 3.05) is 26.7 Å². The van der Waals surface area contributed by atoms with Crippen LogP contribution < -0.4 is 5.48 Å². The summed E-state index contributed by atoms with van der Waals surface area (Å²) in [6, 6.07) is -1.77. The van der Waals surface area contributed by atoms with E-state index in [9.17, 15) is 28.8 Å². The summed E-state index contributed by atoms with van der Waals surface area (Å²) in [5.41, 5.74) is 0.456. The van der Waals surface area contributed by atoms with E-state index in [1.54, 1.807) is 31.2 Å². The number of carboxylic acid groups (broad SMARTS) is 1. The fourth-order valence-corrected chi connectivity index (χ4v) is 4.77. The number of nitrogens with zero attached hydrogens (tertiary/aromatic N) is 3. The molecule has 3 rings (SSSR count). The fourth-order valence-electron chi connectivity index (χ4n) is 4.77. The van der Waals surface area contributed by atoms with Crippen LogP contribution in [0.15, 0.2) is 0 Å². The highest BCUT2D eigenvalue weighted by molar-refractivity contribution is 5.91. The second-order valence-electron chi connectivity index (χ2n) is 12.8. The molecule has 0 unspecified atom stereocenters. The van der Waals surface area contributed by atoms with Gasteiger partial charge in [-0.2, -0.15) is 0 Å². The van der Waals surface area contributed by atoms with Gasteiger partial charge in [-0.15, -0.1) is 0 Å². The van der Waals surface area contributed by atoms with Crippen molar-refractivity contribution < 1.29 is 43.8 Å². The number of hydrogen-bond acceptors (Lipinski definition) is 8. The molecule has 3 aliphatic rings. The molecule has 3 heterocycles. The summed E-state index contributed by atoms with van der Waals surface area (Å²) in [7, 11) is 1.34. The minimum atomic E-state index is -0.939. The maximum Gasteiger partial charge on any atom is 0.328 e. The van der Waals surface area contributed by atoms with Crippen LogP contribution in [0.5, 0.6) is 0 Å². The van der Waals surface area contributed by atoms with Gasteiger partial charge in [0, 0.05) is 35.9 Å². The Bertz CT molecular complexity index is 970. The number of hydroxylamine groups is 1. The molecule has 3 N–H and O–H groups in total. The molecule has 0 aromatic carbocycles. The first kappa shape index (κ1) is 35.8. The quantitative estimate of drug-likeness (QED) is 0.238. The highest BCUT2D eigenvalue weighted by Crippen LogP contribution is 2.33. The first-order valence-electron chi connectivity index (χ1n) is 13.8. The van der Waals surface area contributed by atoms with Crippen molar-refractivity contribution >= 4 is 35.6 Å². The molecule has 0 spiro atoms. The maximum atomic E-state index is 11.8. The van der Waals surface area contributed by atoms with Crippen LogP contribution in [0.2, 0.25) is 0 Å². The number of likely N-dealkylation sites (tertiary alicyclic amines) is 3. The summed E-state index contributed by atoms with van der Waals surface area (Å²) in [5.74, 6) is -1.88. The summed E-state index contributed by atoms with van der Waals surface area (Å²) in [6.45, 7) is 17.8. The van der Waals surface area contributed by atoms with E-state index in [2.05, 4.69) is 4.74 Å². The Kier molecular flexibility index (Phi) is 11.9. The number of esters is 1. The summed E-state index contributed by atoms with van der Waals surface area (Å²) in [4.78, 5) is 72.7. The molecular weight excluding hydrogens is 536 g/mol. The molecule has 3 aliphatic heterocycles. The molecule has 0 aromatic rings. The molecule has 13 heteroatoms. The van der Waals surface area contributed by atoms with Crippen LogP contribution in [-0.4, -0.2) is 105 Å². The SMILES string of the molecule is COC(=O)[C@@H](C)N1CCC(C)(C)C1=O.C[C@H](C(=O)NO)N1CCC(C)(C)C1=O.C[C@H](C(=O)O)N1CCC(C)(C)C1=O. The number of hydrogen-bond donors (Lipinski definition) is 3. The molecule has 3 saturated heterocycles. The average Bonchev–Trinajstić information content (AvgIpc) is 3.45. The van der Waals surface area contributed by atoms with Gasteiger partial charge in [0.2, 0.25) is 17.7 Å². The monoisotopic (exact) mass is 584 g/mol. The van der Waals surface area contributed by atoms with Gasteiger partial charge >= 0.3 is 11.9 Å². The Labute approximate surface area is 242 Å². The zero-order valence-corrected chi connectivity index (χ0v) is 26.1. The third-order valence-corrected chi connectivity index (χ3v) is 8.24. The fraction of sp³-hybridized carbons (Fsp3) is 0.786. The lowest BCUT2D eigenvalue weighted by Gasteiger charge is -2.24. The van der Waals surface area contributed by atoms with Crippen molar-refractivity contribution in [2.45, 2.75) is 99.7 Å². The van der Waals surface area contributed by atoms with E-state index >= 15 is 0 Å². The number of ether oxygens (including phenoxy) is 1. The number of rotatable bonds is 6. The Balaban J connectivity index is 0.000000308. The van der Waals surface area contributed by atoms with Crippen molar-refractivity contribution in [2.24, 2.45) is 16.2 Å². The molecule has 0 aliphatic carbocycles. The average molecular weight is 585 g/mol. The number of amides is 4. The zero-order chi connectivity index (χ0) is 32.1. The van der Waals surface area contributed by atoms with E-state index < -0.39 is 30.0 Å². The van der Waals surface area contributed by atoms with E-state index in [1.807, 2.05) is 41.5 Å². The normalized spacial score (nSPS) is 22.6. The van der Waals surface area contributed by atoms with Crippen molar-refractivity contribution in [1.82, 2.24) is 20.2 Å². The first-order chi connectivity index (χ1) is 18.7. The largest absolute Gasteiger partial charge is 0.480 e. The Morgan fingerprint density at radius 2 is 1.02 bits per heavy atom. The first-order valence-corrected chi connectivity index (χ1v) is 13.8. The third kappa shape index (κ3) is 8.40. The van der Waals surface area contributed by atoms with Gasteiger partial charge in [-0.1, -0.05) is 41.5 Å². The predicted octanol–water partition coefficient (Wildman–Crippen LogP) is 1.66. The second kappa shape index (κ2) is 13.6. The molecule has 41 heavy (non-hydrogen) atoms. The summed E-state index contributed by atoms with van der Waals surface area (Å²) >= 11 is 0. The van der Waals surface area contributed by atoms with Gasteiger partial charge in [0.25, 0.3) is 5.91 Å². The number of methoxy groups -OCH3 is 1. The topological polar surface area (TPSA) is 174 Å². The highest BCUT2D eigenvalue weighted by atomic mass is 16.5. The number of carbonyl (C=O) groups excluding carboxylic acids is 5. The van der Waals surface area contributed by atoms with Gasteiger partial charge in [0.1, 0.15) is 18.1 Å². The lowest BCUT2D eigenvalue weighted by molar-refractivity contribution is -0.152. The third-order valence-electron chi connectivity index (χ3n) is 8.24. The van der Waals surface area contributed by atoms with E-state index in [0.717, 1.165) is 19.3 Å². The maximum absolute atomic E-state index is 11.8. The zero-order valence-electron chi connectivity index (χ0n) is 26.1. The van der Waals surface area contributed by atoms with Gasteiger partial charge in [-0.05, 0) is 40.0 Å². The number of aliphatic carboxylic acids is 1. The predicted molar refractivity (Wildman–Crippen MR) is 148 cm³/mol. The van der Waals surface area contributed by atoms with E-state index in [-0.39, 0.29) is 39.9 Å². The van der Waals surface area contributed by atoms with Crippen LogP contribution in [0.3, 0.4) is 0 Å². The Morgan fingerprint density at radius 1 is 0.707 bits per heavy atom. The molecule has 0 radical (unpaired) electrons. The molecule has 0 saturated carbocycles. The molecule has 0 aromatic heterocycles.